The molecule has 0 bridgehead atoms. The molecule has 3 heterocycles. The van der Waals surface area contributed by atoms with Gasteiger partial charge in [-0.25, -0.2) is 13.4 Å². The fraction of sp³-hybridized carbons (Fsp3) is 0.368. The highest BCUT2D eigenvalue weighted by atomic mass is 32.2. The lowest BCUT2D eigenvalue weighted by Gasteiger charge is -2.19. The maximum Gasteiger partial charge on any atom is 0.184 e. The van der Waals surface area contributed by atoms with E-state index in [1.807, 2.05) is 25.2 Å². The van der Waals surface area contributed by atoms with Crippen LogP contribution in [0.15, 0.2) is 41.4 Å². The van der Waals surface area contributed by atoms with E-state index in [2.05, 4.69) is 25.1 Å². The minimum Gasteiger partial charge on any atom is -0.357 e. The second-order valence-electron chi connectivity index (χ2n) is 6.88. The molecule has 0 unspecified atom stereocenters. The average molecular weight is 398 g/mol. The van der Waals surface area contributed by atoms with E-state index >= 15 is 0 Å². The quantitative estimate of drug-likeness (QED) is 0.629. The largest absolute Gasteiger partial charge is 0.357 e. The van der Waals surface area contributed by atoms with Gasteiger partial charge in [0.15, 0.2) is 21.5 Å². The Morgan fingerprint density at radius 2 is 1.89 bits per heavy atom. The third-order valence-corrected chi connectivity index (χ3v) is 6.75. The number of aromatic nitrogens is 5. The van der Waals surface area contributed by atoms with Crippen molar-refractivity contribution in [2.75, 3.05) is 17.7 Å². The van der Waals surface area contributed by atoms with Crippen LogP contribution < -0.4 is 4.90 Å². The molecule has 0 aromatic carbocycles. The van der Waals surface area contributed by atoms with Gasteiger partial charge < -0.3 is 9.47 Å². The number of hydrogen-bond acceptors (Lipinski definition) is 7. The van der Waals surface area contributed by atoms with Crippen LogP contribution in [-0.2, 0) is 16.9 Å². The molecule has 0 aliphatic heterocycles. The zero-order valence-electron chi connectivity index (χ0n) is 16.1. The van der Waals surface area contributed by atoms with Crippen LogP contribution in [0.2, 0.25) is 0 Å². The number of sulfone groups is 1. The molecule has 1 fully saturated rings. The molecule has 8 nitrogen and oxygen atoms in total. The van der Waals surface area contributed by atoms with E-state index in [9.17, 15) is 8.42 Å². The van der Waals surface area contributed by atoms with E-state index in [0.29, 0.717) is 29.1 Å². The fourth-order valence-electron chi connectivity index (χ4n) is 3.10. The summed E-state index contributed by atoms with van der Waals surface area (Å²) in [6.45, 7) is 1.62. The van der Waals surface area contributed by atoms with Crippen LogP contribution in [0.3, 0.4) is 0 Å². The van der Waals surface area contributed by atoms with Gasteiger partial charge in [-0.1, -0.05) is 13.0 Å². The Labute approximate surface area is 164 Å². The molecule has 9 heteroatoms. The standard InChI is InChI=1S/C19H22N6O2S/c1-4-28(26,27)15-10-11-16(24(2)13-8-9-13)21-17(15)19-23-22-18(25(19)3)14-7-5-6-12-20-14/h5-7,10-13H,4,8-9H2,1-3H3. The summed E-state index contributed by atoms with van der Waals surface area (Å²) in [5, 5.41) is 8.49. The summed E-state index contributed by atoms with van der Waals surface area (Å²) < 4.78 is 27.1. The lowest BCUT2D eigenvalue weighted by Crippen LogP contribution is -2.21. The van der Waals surface area contributed by atoms with Crippen LogP contribution in [0.1, 0.15) is 19.8 Å². The number of anilines is 1. The van der Waals surface area contributed by atoms with Crippen molar-refractivity contribution in [3.8, 4) is 23.0 Å². The van der Waals surface area contributed by atoms with Crippen molar-refractivity contribution in [3.63, 3.8) is 0 Å². The highest BCUT2D eigenvalue weighted by molar-refractivity contribution is 7.91. The van der Waals surface area contributed by atoms with Crippen LogP contribution in [0.5, 0.6) is 0 Å². The van der Waals surface area contributed by atoms with Crippen LogP contribution in [-0.4, -0.2) is 52.0 Å². The maximum absolute atomic E-state index is 12.7. The summed E-state index contributed by atoms with van der Waals surface area (Å²) in [5.74, 6) is 1.68. The van der Waals surface area contributed by atoms with Gasteiger partial charge in [0, 0.05) is 26.3 Å². The van der Waals surface area contributed by atoms with Crippen LogP contribution >= 0.6 is 0 Å². The molecule has 0 saturated heterocycles. The lowest BCUT2D eigenvalue weighted by molar-refractivity contribution is 0.597. The predicted molar refractivity (Wildman–Crippen MR) is 107 cm³/mol. The zero-order valence-corrected chi connectivity index (χ0v) is 16.9. The van der Waals surface area contributed by atoms with E-state index in [1.54, 1.807) is 36.9 Å². The van der Waals surface area contributed by atoms with Gasteiger partial charge in [-0.05, 0) is 37.1 Å². The smallest absolute Gasteiger partial charge is 0.184 e. The Kier molecular flexibility index (Phi) is 4.62. The molecule has 1 aliphatic carbocycles. The van der Waals surface area contributed by atoms with Crippen LogP contribution in [0, 0.1) is 0 Å². The normalized spacial score (nSPS) is 14.2. The molecular weight excluding hydrogens is 376 g/mol. The number of rotatable bonds is 6. The van der Waals surface area contributed by atoms with Gasteiger partial charge >= 0.3 is 0 Å². The van der Waals surface area contributed by atoms with Crippen molar-refractivity contribution < 1.29 is 8.42 Å². The van der Waals surface area contributed by atoms with Gasteiger partial charge in [0.1, 0.15) is 17.2 Å². The summed E-state index contributed by atoms with van der Waals surface area (Å²) in [6.07, 6.45) is 3.92. The van der Waals surface area contributed by atoms with E-state index in [0.717, 1.165) is 18.7 Å². The van der Waals surface area contributed by atoms with Crippen molar-refractivity contribution >= 4 is 15.7 Å². The molecule has 4 rings (SSSR count). The molecule has 1 saturated carbocycles. The Morgan fingerprint density at radius 1 is 1.14 bits per heavy atom. The van der Waals surface area contributed by atoms with Gasteiger partial charge in [-0.3, -0.25) is 4.98 Å². The topological polar surface area (TPSA) is 93.9 Å². The van der Waals surface area contributed by atoms with E-state index in [-0.39, 0.29) is 10.6 Å². The third kappa shape index (κ3) is 3.26. The van der Waals surface area contributed by atoms with E-state index in [4.69, 9.17) is 0 Å². The van der Waals surface area contributed by atoms with Gasteiger partial charge in [0.25, 0.3) is 0 Å². The molecule has 1 aliphatic rings. The Hall–Kier alpha value is -2.81. The summed E-state index contributed by atoms with van der Waals surface area (Å²) in [5.41, 5.74) is 0.985. The molecule has 0 radical (unpaired) electrons. The number of nitrogens with zero attached hydrogens (tertiary/aromatic N) is 6. The molecule has 28 heavy (non-hydrogen) atoms. The Bertz CT molecular complexity index is 1110. The van der Waals surface area contributed by atoms with E-state index < -0.39 is 9.84 Å². The lowest BCUT2D eigenvalue weighted by atomic mass is 10.3. The van der Waals surface area contributed by atoms with Gasteiger partial charge in [0.05, 0.1) is 10.6 Å². The fourth-order valence-corrected chi connectivity index (χ4v) is 4.12. The first kappa shape index (κ1) is 18.5. The highest BCUT2D eigenvalue weighted by Gasteiger charge is 2.29. The molecule has 0 N–H and O–H groups in total. The summed E-state index contributed by atoms with van der Waals surface area (Å²) in [4.78, 5) is 11.3. The van der Waals surface area contributed by atoms with Gasteiger partial charge in [-0.15, -0.1) is 10.2 Å². The van der Waals surface area contributed by atoms with Crippen molar-refractivity contribution in [3.05, 3.63) is 36.5 Å². The van der Waals surface area contributed by atoms with Crippen LogP contribution in [0.4, 0.5) is 5.82 Å². The van der Waals surface area contributed by atoms with Crippen molar-refractivity contribution in [2.24, 2.45) is 7.05 Å². The van der Waals surface area contributed by atoms with E-state index in [1.165, 1.54) is 0 Å². The summed E-state index contributed by atoms with van der Waals surface area (Å²) in [7, 11) is 0.298. The SMILES string of the molecule is CCS(=O)(=O)c1ccc(N(C)C2CC2)nc1-c1nnc(-c2ccccn2)n1C. The molecule has 3 aromatic rings. The summed E-state index contributed by atoms with van der Waals surface area (Å²) in [6, 6.07) is 9.38. The second kappa shape index (κ2) is 6.97. The minimum atomic E-state index is -3.47. The average Bonchev–Trinajstić information content (AvgIpc) is 3.49. The van der Waals surface area contributed by atoms with Crippen LogP contribution in [0.25, 0.3) is 23.0 Å². The molecule has 146 valence electrons. The first-order valence-electron chi connectivity index (χ1n) is 9.20. The monoisotopic (exact) mass is 398 g/mol. The number of pyridine rings is 2. The maximum atomic E-state index is 12.7. The zero-order chi connectivity index (χ0) is 19.9. The molecule has 0 amide bonds. The van der Waals surface area contributed by atoms with Crippen molar-refractivity contribution in [2.45, 2.75) is 30.7 Å². The number of hydrogen-bond donors (Lipinski definition) is 0. The third-order valence-electron chi connectivity index (χ3n) is 5.00. The molecular formula is C19H22N6O2S. The molecule has 0 atom stereocenters. The first-order chi connectivity index (χ1) is 13.4. The highest BCUT2D eigenvalue weighted by Crippen LogP contribution is 2.33. The van der Waals surface area contributed by atoms with Crippen molar-refractivity contribution in [1.82, 2.24) is 24.7 Å². The Morgan fingerprint density at radius 3 is 2.54 bits per heavy atom. The Balaban J connectivity index is 1.88. The minimum absolute atomic E-state index is 0.00948. The molecule has 0 spiro atoms. The van der Waals surface area contributed by atoms with Gasteiger partial charge in [0.2, 0.25) is 0 Å². The predicted octanol–water partition coefficient (Wildman–Crippen LogP) is 2.33. The second-order valence-corrected chi connectivity index (χ2v) is 9.13. The first-order valence-corrected chi connectivity index (χ1v) is 10.9. The van der Waals surface area contributed by atoms with Crippen molar-refractivity contribution in [1.29, 1.82) is 0 Å². The molecule has 3 aromatic heterocycles. The summed E-state index contributed by atoms with van der Waals surface area (Å²) >= 11 is 0. The van der Waals surface area contributed by atoms with Gasteiger partial charge in [-0.2, -0.15) is 0 Å².